The Labute approximate surface area is 213 Å². The minimum absolute atomic E-state index is 0.346. The van der Waals surface area contributed by atoms with Crippen LogP contribution in [0.4, 0.5) is 0 Å². The molecule has 0 spiro atoms. The molecule has 3 heterocycles. The van der Waals surface area contributed by atoms with Crippen LogP contribution < -0.4 is 4.74 Å². The third-order valence-corrected chi connectivity index (χ3v) is 6.32. The van der Waals surface area contributed by atoms with Gasteiger partial charge in [-0.1, -0.05) is 30.3 Å². The first-order chi connectivity index (χ1) is 17.9. The van der Waals surface area contributed by atoms with Crippen molar-refractivity contribution < 1.29 is 14.7 Å². The SMILES string of the molecule is CCOc1nc2cccc(C(=O)N(C)O)c2n1Cc1ccc(-c2c(-c3nnn[nH]3)cc(C)n2CC)cc1. The van der Waals surface area contributed by atoms with Crippen LogP contribution in [-0.2, 0) is 13.1 Å². The lowest BCUT2D eigenvalue weighted by Gasteiger charge is -2.14. The van der Waals surface area contributed by atoms with Crippen LogP contribution in [0.2, 0.25) is 0 Å². The molecule has 0 aliphatic rings. The third-order valence-electron chi connectivity index (χ3n) is 6.32. The Morgan fingerprint density at radius 1 is 1.14 bits per heavy atom. The Hall–Kier alpha value is -4.51. The summed E-state index contributed by atoms with van der Waals surface area (Å²) in [5.74, 6) is 0.0990. The smallest absolute Gasteiger partial charge is 0.297 e. The van der Waals surface area contributed by atoms with E-state index >= 15 is 0 Å². The molecule has 2 N–H and O–H groups in total. The minimum Gasteiger partial charge on any atom is -0.465 e. The predicted octanol–water partition coefficient (Wildman–Crippen LogP) is 3.92. The van der Waals surface area contributed by atoms with Crippen LogP contribution in [0.1, 0.15) is 35.5 Å². The van der Waals surface area contributed by atoms with E-state index in [1.54, 1.807) is 12.1 Å². The van der Waals surface area contributed by atoms with E-state index in [2.05, 4.69) is 62.2 Å². The second-order valence-electron chi connectivity index (χ2n) is 8.65. The summed E-state index contributed by atoms with van der Waals surface area (Å²) in [5, 5.41) is 24.8. The highest BCUT2D eigenvalue weighted by Gasteiger charge is 2.22. The molecule has 0 bridgehead atoms. The van der Waals surface area contributed by atoms with Gasteiger partial charge in [0.1, 0.15) is 0 Å². The minimum atomic E-state index is -0.518. The van der Waals surface area contributed by atoms with Gasteiger partial charge in [-0.05, 0) is 60.5 Å². The lowest BCUT2D eigenvalue weighted by atomic mass is 10.0. The summed E-state index contributed by atoms with van der Waals surface area (Å²) in [6, 6.07) is 16.0. The van der Waals surface area contributed by atoms with E-state index in [9.17, 15) is 10.0 Å². The fourth-order valence-electron chi connectivity index (χ4n) is 4.70. The Morgan fingerprint density at radius 2 is 1.92 bits per heavy atom. The average Bonchev–Trinajstić information content (AvgIpc) is 3.62. The molecular weight excluding hydrogens is 472 g/mol. The molecule has 0 saturated heterocycles. The number of carbonyl (C=O) groups excluding carboxylic acids is 1. The van der Waals surface area contributed by atoms with Gasteiger partial charge in [-0.2, -0.15) is 4.98 Å². The second kappa shape index (κ2) is 9.86. The predicted molar refractivity (Wildman–Crippen MR) is 137 cm³/mol. The van der Waals surface area contributed by atoms with Gasteiger partial charge in [-0.15, -0.1) is 5.10 Å². The van der Waals surface area contributed by atoms with Crippen molar-refractivity contribution in [3.63, 3.8) is 0 Å². The number of hydrogen-bond donors (Lipinski definition) is 2. The first kappa shape index (κ1) is 24.2. The summed E-state index contributed by atoms with van der Waals surface area (Å²) in [4.78, 5) is 17.3. The maximum absolute atomic E-state index is 12.7. The number of carbonyl (C=O) groups is 1. The second-order valence-corrected chi connectivity index (χ2v) is 8.65. The van der Waals surface area contributed by atoms with Crippen LogP contribution in [0.5, 0.6) is 6.01 Å². The van der Waals surface area contributed by atoms with E-state index in [1.165, 1.54) is 7.05 Å². The molecule has 5 rings (SSSR count). The van der Waals surface area contributed by atoms with Gasteiger partial charge in [0.2, 0.25) is 0 Å². The first-order valence-corrected chi connectivity index (χ1v) is 12.0. The van der Waals surface area contributed by atoms with Crippen molar-refractivity contribution in [3.05, 3.63) is 65.4 Å². The van der Waals surface area contributed by atoms with Gasteiger partial charge in [-0.25, -0.2) is 10.2 Å². The summed E-state index contributed by atoms with van der Waals surface area (Å²) in [6.45, 7) is 7.72. The largest absolute Gasteiger partial charge is 0.465 e. The highest BCUT2D eigenvalue weighted by atomic mass is 16.5. The molecule has 0 saturated carbocycles. The Morgan fingerprint density at radius 3 is 2.57 bits per heavy atom. The van der Waals surface area contributed by atoms with Crippen LogP contribution in [0.3, 0.4) is 0 Å². The molecule has 11 nitrogen and oxygen atoms in total. The van der Waals surface area contributed by atoms with Crippen molar-refractivity contribution in [3.8, 4) is 28.7 Å². The number of hydrogen-bond acceptors (Lipinski definition) is 7. The molecule has 190 valence electrons. The van der Waals surface area contributed by atoms with Gasteiger partial charge in [-0.3, -0.25) is 14.6 Å². The fraction of sp³-hybridized carbons (Fsp3) is 0.269. The number of amides is 1. The van der Waals surface area contributed by atoms with Crippen LogP contribution in [0.15, 0.2) is 48.5 Å². The number of aromatic amines is 1. The lowest BCUT2D eigenvalue weighted by Crippen LogP contribution is -2.23. The number of nitrogens with one attached hydrogen (secondary N) is 1. The van der Waals surface area contributed by atoms with E-state index in [0.717, 1.165) is 34.6 Å². The number of hydroxylamine groups is 2. The highest BCUT2D eigenvalue weighted by Crippen LogP contribution is 2.34. The maximum atomic E-state index is 12.7. The Kier molecular flexibility index (Phi) is 6.45. The first-order valence-electron chi connectivity index (χ1n) is 12.0. The van der Waals surface area contributed by atoms with E-state index in [4.69, 9.17) is 4.74 Å². The number of tetrazole rings is 1. The standard InChI is InChI=1S/C26H28N8O3/c1-5-33-16(3)14-20(24-28-30-31-29-24)22(33)18-12-10-17(11-13-18)15-34-23-19(25(35)32(4)36)8-7-9-21(23)27-26(34)37-6-2/h7-14,36H,5-6,15H2,1-4H3,(H,28,29,30,31). The number of imidazole rings is 1. The number of aryl methyl sites for hydroxylation is 1. The zero-order chi connectivity index (χ0) is 26.1. The van der Waals surface area contributed by atoms with E-state index in [0.29, 0.717) is 46.6 Å². The summed E-state index contributed by atoms with van der Waals surface area (Å²) < 4.78 is 9.91. The van der Waals surface area contributed by atoms with Crippen molar-refractivity contribution in [2.45, 2.75) is 33.9 Å². The van der Waals surface area contributed by atoms with Gasteiger partial charge in [0.25, 0.3) is 11.9 Å². The number of rotatable bonds is 8. The van der Waals surface area contributed by atoms with Gasteiger partial charge in [0.15, 0.2) is 5.82 Å². The molecule has 2 aromatic carbocycles. The number of ether oxygens (including phenoxy) is 1. The monoisotopic (exact) mass is 500 g/mol. The summed E-state index contributed by atoms with van der Waals surface area (Å²) in [5.41, 5.74) is 6.69. The van der Waals surface area contributed by atoms with Crippen molar-refractivity contribution >= 4 is 16.9 Å². The van der Waals surface area contributed by atoms with Crippen LogP contribution in [0, 0.1) is 6.92 Å². The molecule has 0 aliphatic carbocycles. The van der Waals surface area contributed by atoms with E-state index in [1.807, 2.05) is 29.7 Å². The molecule has 11 heteroatoms. The molecule has 5 aromatic rings. The van der Waals surface area contributed by atoms with Gasteiger partial charge < -0.3 is 9.30 Å². The molecular formula is C26H28N8O3. The van der Waals surface area contributed by atoms with Crippen molar-refractivity contribution in [2.24, 2.45) is 0 Å². The average molecular weight is 501 g/mol. The molecule has 37 heavy (non-hydrogen) atoms. The van der Waals surface area contributed by atoms with Gasteiger partial charge in [0, 0.05) is 24.8 Å². The highest BCUT2D eigenvalue weighted by molar-refractivity contribution is 6.04. The van der Waals surface area contributed by atoms with E-state index in [-0.39, 0.29) is 0 Å². The number of nitrogens with zero attached hydrogens (tertiary/aromatic N) is 7. The number of para-hydroxylation sites is 1. The fourth-order valence-corrected chi connectivity index (χ4v) is 4.70. The Bertz CT molecular complexity index is 1550. The number of aromatic nitrogens is 7. The molecule has 0 atom stereocenters. The maximum Gasteiger partial charge on any atom is 0.297 e. The lowest BCUT2D eigenvalue weighted by molar-refractivity contribution is -0.0373. The van der Waals surface area contributed by atoms with Crippen LogP contribution >= 0.6 is 0 Å². The van der Waals surface area contributed by atoms with Crippen molar-refractivity contribution in [2.75, 3.05) is 13.7 Å². The van der Waals surface area contributed by atoms with Crippen molar-refractivity contribution in [1.29, 1.82) is 0 Å². The topological polar surface area (TPSA) is 127 Å². The van der Waals surface area contributed by atoms with Crippen molar-refractivity contribution in [1.82, 2.24) is 39.8 Å². The normalized spacial score (nSPS) is 11.3. The summed E-state index contributed by atoms with van der Waals surface area (Å²) in [7, 11) is 1.31. The zero-order valence-corrected chi connectivity index (χ0v) is 21.1. The molecule has 0 unspecified atom stereocenters. The van der Waals surface area contributed by atoms with Gasteiger partial charge >= 0.3 is 0 Å². The third kappa shape index (κ3) is 4.33. The molecule has 0 radical (unpaired) electrons. The van der Waals surface area contributed by atoms with Crippen LogP contribution in [-0.4, -0.2) is 64.6 Å². The van der Waals surface area contributed by atoms with Crippen LogP contribution in [0.25, 0.3) is 33.7 Å². The Balaban J connectivity index is 1.56. The molecule has 0 aliphatic heterocycles. The molecule has 1 amide bonds. The van der Waals surface area contributed by atoms with Gasteiger partial charge in [0.05, 0.1) is 35.4 Å². The number of fused-ring (bicyclic) bond motifs is 1. The van der Waals surface area contributed by atoms with E-state index < -0.39 is 5.91 Å². The molecule has 3 aromatic heterocycles. The quantitative estimate of drug-likeness (QED) is 0.244. The molecule has 0 fully saturated rings. The number of benzene rings is 2. The summed E-state index contributed by atoms with van der Waals surface area (Å²) >= 11 is 0. The number of H-pyrrole nitrogens is 1. The summed E-state index contributed by atoms with van der Waals surface area (Å²) in [6.07, 6.45) is 0. The zero-order valence-electron chi connectivity index (χ0n) is 21.1.